The minimum Gasteiger partial charge on any atom is -0.400 e. The molecule has 0 saturated heterocycles. The summed E-state index contributed by atoms with van der Waals surface area (Å²) in [7, 11) is 0.950. The van der Waals surface area contributed by atoms with Gasteiger partial charge in [0.2, 0.25) is 0 Å². The highest BCUT2D eigenvalue weighted by Gasteiger charge is 2.15. The van der Waals surface area contributed by atoms with E-state index in [1.165, 1.54) is 0 Å². The van der Waals surface area contributed by atoms with Gasteiger partial charge >= 0.3 is 0 Å². The molecule has 0 rings (SSSR count). The van der Waals surface area contributed by atoms with Gasteiger partial charge in [-0.2, -0.15) is 0 Å². The summed E-state index contributed by atoms with van der Waals surface area (Å²) in [5, 5.41) is 7.60. The van der Waals surface area contributed by atoms with Crippen LogP contribution in [0.3, 0.4) is 0 Å². The van der Waals surface area contributed by atoms with Crippen LogP contribution < -0.4 is 0 Å². The van der Waals surface area contributed by atoms with Crippen LogP contribution in [0, 0.1) is 0 Å². The molecule has 0 aliphatic carbocycles. The van der Waals surface area contributed by atoms with Gasteiger partial charge in [-0.25, -0.2) is 0 Å². The molecule has 0 heterocycles. The molecular formula is C7H19OSi. The molecule has 0 bridgehead atoms. The van der Waals surface area contributed by atoms with Gasteiger partial charge in [-0.15, -0.1) is 0 Å². The number of aliphatic hydroxyl groups is 1. The molecule has 0 aliphatic heterocycles. The standard InChI is InChI=1S/C6H15Si.CH4O/c1-6(2,3)7(4)5;1-2/h1-5H3;2H,1H3. The molecule has 0 unspecified atom stereocenters. The molecule has 0 fully saturated rings. The van der Waals surface area contributed by atoms with Crippen molar-refractivity contribution in [2.24, 2.45) is 0 Å². The minimum atomic E-state index is -0.0502. The van der Waals surface area contributed by atoms with E-state index in [1.54, 1.807) is 0 Å². The molecule has 0 amide bonds. The second-order valence-electron chi connectivity index (χ2n) is 3.25. The van der Waals surface area contributed by atoms with Crippen molar-refractivity contribution in [1.82, 2.24) is 0 Å². The van der Waals surface area contributed by atoms with E-state index in [9.17, 15) is 0 Å². The Morgan fingerprint density at radius 1 is 1.00 bits per heavy atom. The number of hydrogen-bond donors (Lipinski definition) is 1. The summed E-state index contributed by atoms with van der Waals surface area (Å²) < 4.78 is 0. The highest BCUT2D eigenvalue weighted by atomic mass is 28.3. The highest BCUT2D eigenvalue weighted by Crippen LogP contribution is 2.25. The number of hydrogen-bond acceptors (Lipinski definition) is 1. The van der Waals surface area contributed by atoms with Crippen LogP contribution in [0.5, 0.6) is 0 Å². The highest BCUT2D eigenvalue weighted by molar-refractivity contribution is 6.59. The lowest BCUT2D eigenvalue weighted by Crippen LogP contribution is -2.16. The van der Waals surface area contributed by atoms with E-state index in [0.717, 1.165) is 7.11 Å². The number of rotatable bonds is 0. The van der Waals surface area contributed by atoms with E-state index < -0.39 is 0 Å². The summed E-state index contributed by atoms with van der Waals surface area (Å²) >= 11 is 0. The van der Waals surface area contributed by atoms with Crippen LogP contribution in [-0.4, -0.2) is 21.0 Å². The van der Waals surface area contributed by atoms with Gasteiger partial charge in [-0.05, 0) is 5.04 Å². The summed E-state index contributed by atoms with van der Waals surface area (Å²) in [6.07, 6.45) is 0. The van der Waals surface area contributed by atoms with Gasteiger partial charge in [-0.3, -0.25) is 0 Å². The fourth-order valence-corrected chi connectivity index (χ4v) is 0. The fourth-order valence-electron chi connectivity index (χ4n) is 0. The lowest BCUT2D eigenvalue weighted by molar-refractivity contribution is 0.399. The fraction of sp³-hybridized carbons (Fsp3) is 1.00. The van der Waals surface area contributed by atoms with Crippen molar-refractivity contribution in [3.63, 3.8) is 0 Å². The van der Waals surface area contributed by atoms with Crippen LogP contribution in [0.15, 0.2) is 0 Å². The monoisotopic (exact) mass is 147 g/mol. The molecule has 0 atom stereocenters. The second kappa shape index (κ2) is 5.00. The largest absolute Gasteiger partial charge is 0.400 e. The molecular weight excluding hydrogens is 128 g/mol. The Morgan fingerprint density at radius 2 is 1.11 bits per heavy atom. The molecule has 0 spiro atoms. The Balaban J connectivity index is 0. The zero-order valence-corrected chi connectivity index (χ0v) is 8.45. The molecule has 0 aromatic rings. The molecule has 0 aromatic carbocycles. The van der Waals surface area contributed by atoms with Crippen LogP contribution in [0.25, 0.3) is 0 Å². The third-order valence-corrected chi connectivity index (χ3v) is 4.50. The van der Waals surface area contributed by atoms with Crippen LogP contribution in [-0.2, 0) is 0 Å². The first-order valence-electron chi connectivity index (χ1n) is 3.20. The first-order valence-corrected chi connectivity index (χ1v) is 5.70. The first kappa shape index (κ1) is 11.9. The van der Waals surface area contributed by atoms with Gasteiger partial charge in [-0.1, -0.05) is 33.9 Å². The quantitative estimate of drug-likeness (QED) is 0.521. The van der Waals surface area contributed by atoms with Crippen molar-refractivity contribution < 1.29 is 5.11 Å². The maximum absolute atomic E-state index is 7.00. The predicted molar refractivity (Wildman–Crippen MR) is 45.3 cm³/mol. The summed E-state index contributed by atoms with van der Waals surface area (Å²) in [6, 6.07) is 0. The molecule has 0 aromatic heterocycles. The third kappa shape index (κ3) is 8.18. The van der Waals surface area contributed by atoms with Gasteiger partial charge in [0.05, 0.1) is 0 Å². The minimum absolute atomic E-state index is 0.0502. The zero-order valence-electron chi connectivity index (χ0n) is 7.45. The number of aliphatic hydroxyl groups excluding tert-OH is 1. The Kier molecular flexibility index (Phi) is 6.62. The van der Waals surface area contributed by atoms with Crippen molar-refractivity contribution in [1.29, 1.82) is 0 Å². The van der Waals surface area contributed by atoms with Gasteiger partial charge in [0.15, 0.2) is 0 Å². The smallest absolute Gasteiger partial charge is 0.0470 e. The maximum Gasteiger partial charge on any atom is 0.0470 e. The molecule has 0 aliphatic rings. The van der Waals surface area contributed by atoms with Gasteiger partial charge in [0, 0.05) is 15.9 Å². The maximum atomic E-state index is 7.00. The Hall–Kier alpha value is 0.177. The Labute approximate surface area is 60.7 Å². The molecule has 1 N–H and O–H groups in total. The van der Waals surface area contributed by atoms with Crippen molar-refractivity contribution >= 4 is 8.80 Å². The van der Waals surface area contributed by atoms with Crippen LogP contribution >= 0.6 is 0 Å². The molecule has 57 valence electrons. The van der Waals surface area contributed by atoms with E-state index in [1.807, 2.05) is 0 Å². The van der Waals surface area contributed by atoms with E-state index in [-0.39, 0.29) is 8.80 Å². The van der Waals surface area contributed by atoms with E-state index in [2.05, 4.69) is 33.9 Å². The Bertz CT molecular complexity index is 54.4. The average molecular weight is 147 g/mol. The molecule has 1 radical (unpaired) electrons. The van der Waals surface area contributed by atoms with Gasteiger partial charge in [0.1, 0.15) is 0 Å². The van der Waals surface area contributed by atoms with Crippen LogP contribution in [0.2, 0.25) is 18.1 Å². The van der Waals surface area contributed by atoms with Gasteiger partial charge in [0.25, 0.3) is 0 Å². The van der Waals surface area contributed by atoms with Crippen molar-refractivity contribution in [2.45, 2.75) is 38.9 Å². The predicted octanol–water partition coefficient (Wildman–Crippen LogP) is 2.15. The summed E-state index contributed by atoms with van der Waals surface area (Å²) in [6.45, 7) is 11.6. The van der Waals surface area contributed by atoms with Crippen LogP contribution in [0.1, 0.15) is 20.8 Å². The average Bonchev–Trinajstić information content (AvgIpc) is 1.69. The van der Waals surface area contributed by atoms with E-state index in [0.29, 0.717) is 5.04 Å². The van der Waals surface area contributed by atoms with E-state index in [4.69, 9.17) is 5.11 Å². The second-order valence-corrected chi connectivity index (χ2v) is 6.75. The molecule has 9 heavy (non-hydrogen) atoms. The third-order valence-electron chi connectivity index (χ3n) is 1.50. The normalized spacial score (nSPS) is 10.7. The first-order chi connectivity index (χ1) is 3.94. The van der Waals surface area contributed by atoms with Crippen molar-refractivity contribution in [3.8, 4) is 0 Å². The van der Waals surface area contributed by atoms with Crippen molar-refractivity contribution in [2.75, 3.05) is 7.11 Å². The molecule has 2 heteroatoms. The Morgan fingerprint density at radius 3 is 1.11 bits per heavy atom. The lowest BCUT2D eigenvalue weighted by Gasteiger charge is -2.20. The molecule has 1 nitrogen and oxygen atoms in total. The molecule has 0 saturated carbocycles. The SMILES string of the molecule is CO.C[Si](C)C(C)(C)C. The van der Waals surface area contributed by atoms with E-state index >= 15 is 0 Å². The van der Waals surface area contributed by atoms with Crippen LogP contribution in [0.4, 0.5) is 0 Å². The topological polar surface area (TPSA) is 20.2 Å². The lowest BCUT2D eigenvalue weighted by atomic mass is 10.2. The summed E-state index contributed by atoms with van der Waals surface area (Å²) in [5.74, 6) is 0. The summed E-state index contributed by atoms with van der Waals surface area (Å²) in [5.41, 5.74) is 0. The van der Waals surface area contributed by atoms with Gasteiger partial charge < -0.3 is 5.11 Å². The van der Waals surface area contributed by atoms with Crippen molar-refractivity contribution in [3.05, 3.63) is 0 Å². The zero-order chi connectivity index (χ0) is 8.08. The summed E-state index contributed by atoms with van der Waals surface area (Å²) in [4.78, 5) is 0.